The van der Waals surface area contributed by atoms with E-state index in [9.17, 15) is 0 Å². The van der Waals surface area contributed by atoms with Gasteiger partial charge < -0.3 is 0 Å². The highest BCUT2D eigenvalue weighted by molar-refractivity contribution is 14.1. The minimum Gasteiger partial charge on any atom is -0.231 e. The monoisotopic (exact) mass is 378 g/mol. The fourth-order valence-corrected chi connectivity index (χ4v) is 3.03. The Labute approximate surface area is 124 Å². The van der Waals surface area contributed by atoms with Gasteiger partial charge in [0.05, 0.1) is 14.1 Å². The molecular weight excluding hydrogens is 367 g/mol. The quantitative estimate of drug-likeness (QED) is 0.570. The summed E-state index contributed by atoms with van der Waals surface area (Å²) in [4.78, 5) is 11.3. The summed E-state index contributed by atoms with van der Waals surface area (Å²) in [6.07, 6.45) is 2.00. The van der Waals surface area contributed by atoms with Crippen molar-refractivity contribution in [3.05, 3.63) is 31.4 Å². The molecule has 2 rings (SSSR count). The highest BCUT2D eigenvalue weighted by Gasteiger charge is 2.12. The lowest BCUT2D eigenvalue weighted by atomic mass is 10.2. The number of halogens is 2. The third kappa shape index (κ3) is 2.98. The van der Waals surface area contributed by atoms with Crippen molar-refractivity contribution in [2.45, 2.75) is 26.7 Å². The van der Waals surface area contributed by atoms with Crippen LogP contribution in [0.4, 0.5) is 0 Å². The molecule has 0 spiro atoms. The number of aromatic nitrogens is 2. The third-order valence-corrected chi connectivity index (χ3v) is 5.05. The second kappa shape index (κ2) is 5.63. The molecule has 0 aliphatic rings. The zero-order valence-corrected chi connectivity index (χ0v) is 13.4. The minimum absolute atomic E-state index is 0.560. The van der Waals surface area contributed by atoms with Crippen LogP contribution in [-0.4, -0.2) is 9.97 Å². The number of hydrogen-bond donors (Lipinski definition) is 0. The van der Waals surface area contributed by atoms with Crippen molar-refractivity contribution in [2.75, 3.05) is 0 Å². The molecular formula is C12H12ClIN2S. The zero-order valence-electron chi connectivity index (χ0n) is 9.63. The van der Waals surface area contributed by atoms with Gasteiger partial charge in [-0.05, 0) is 48.1 Å². The predicted molar refractivity (Wildman–Crippen MR) is 81.8 cm³/mol. The van der Waals surface area contributed by atoms with Gasteiger partial charge in [0.1, 0.15) is 5.15 Å². The van der Waals surface area contributed by atoms with Crippen molar-refractivity contribution in [2.24, 2.45) is 0 Å². The van der Waals surface area contributed by atoms with Crippen molar-refractivity contribution >= 4 is 45.5 Å². The van der Waals surface area contributed by atoms with Crippen LogP contribution in [0.3, 0.4) is 0 Å². The standard InChI is InChI=1S/C12H12ClIN2S/c1-3-4-8-10(14)11(13)16-12(15-8)9-6-5-7(2)17-9/h5-6H,3-4H2,1-2H3. The Hall–Kier alpha value is -0.200. The first-order chi connectivity index (χ1) is 8.11. The number of rotatable bonds is 3. The Morgan fingerprint density at radius 1 is 1.35 bits per heavy atom. The SMILES string of the molecule is CCCc1nc(-c2ccc(C)s2)nc(Cl)c1I. The molecule has 0 N–H and O–H groups in total. The Bertz CT molecular complexity index is 539. The molecule has 0 saturated carbocycles. The van der Waals surface area contributed by atoms with Gasteiger partial charge >= 0.3 is 0 Å². The fraction of sp³-hybridized carbons (Fsp3) is 0.333. The van der Waals surface area contributed by atoms with Gasteiger partial charge in [0.25, 0.3) is 0 Å². The molecule has 2 aromatic heterocycles. The topological polar surface area (TPSA) is 25.8 Å². The smallest absolute Gasteiger partial charge is 0.171 e. The van der Waals surface area contributed by atoms with E-state index in [0.717, 1.165) is 32.8 Å². The van der Waals surface area contributed by atoms with E-state index in [2.05, 4.69) is 52.5 Å². The van der Waals surface area contributed by atoms with Crippen molar-refractivity contribution in [1.82, 2.24) is 9.97 Å². The first-order valence-electron chi connectivity index (χ1n) is 5.40. The molecule has 2 heterocycles. The molecule has 0 fully saturated rings. The van der Waals surface area contributed by atoms with E-state index < -0.39 is 0 Å². The van der Waals surface area contributed by atoms with Gasteiger partial charge in [-0.15, -0.1) is 11.3 Å². The van der Waals surface area contributed by atoms with Crippen LogP contribution in [0.2, 0.25) is 5.15 Å². The van der Waals surface area contributed by atoms with Crippen LogP contribution in [-0.2, 0) is 6.42 Å². The molecule has 5 heteroatoms. The summed E-state index contributed by atoms with van der Waals surface area (Å²) in [6, 6.07) is 4.13. The maximum atomic E-state index is 6.16. The van der Waals surface area contributed by atoms with E-state index >= 15 is 0 Å². The van der Waals surface area contributed by atoms with E-state index in [1.165, 1.54) is 4.88 Å². The van der Waals surface area contributed by atoms with Crippen molar-refractivity contribution in [3.8, 4) is 10.7 Å². The van der Waals surface area contributed by atoms with Crippen molar-refractivity contribution in [3.63, 3.8) is 0 Å². The summed E-state index contributed by atoms with van der Waals surface area (Å²) in [5.41, 5.74) is 1.05. The molecule has 0 atom stereocenters. The van der Waals surface area contributed by atoms with E-state index in [1.807, 2.05) is 6.07 Å². The first kappa shape index (κ1) is 13.2. The molecule has 2 nitrogen and oxygen atoms in total. The van der Waals surface area contributed by atoms with Crippen molar-refractivity contribution in [1.29, 1.82) is 0 Å². The largest absolute Gasteiger partial charge is 0.231 e. The zero-order chi connectivity index (χ0) is 12.4. The molecule has 17 heavy (non-hydrogen) atoms. The Morgan fingerprint density at radius 3 is 2.71 bits per heavy atom. The lowest BCUT2D eigenvalue weighted by Crippen LogP contribution is -1.99. The first-order valence-corrected chi connectivity index (χ1v) is 7.68. The lowest BCUT2D eigenvalue weighted by molar-refractivity contribution is 0.868. The number of hydrogen-bond acceptors (Lipinski definition) is 3. The van der Waals surface area contributed by atoms with Gasteiger partial charge in [-0.25, -0.2) is 9.97 Å². The molecule has 2 aromatic rings. The Balaban J connectivity index is 2.48. The molecule has 90 valence electrons. The highest BCUT2D eigenvalue weighted by Crippen LogP contribution is 2.28. The normalized spacial score (nSPS) is 10.8. The number of nitrogens with zero attached hydrogens (tertiary/aromatic N) is 2. The summed E-state index contributed by atoms with van der Waals surface area (Å²) in [7, 11) is 0. The highest BCUT2D eigenvalue weighted by atomic mass is 127. The molecule has 0 unspecified atom stereocenters. The Kier molecular flexibility index (Phi) is 4.38. The maximum absolute atomic E-state index is 6.16. The molecule has 0 aliphatic heterocycles. The van der Waals surface area contributed by atoms with Crippen LogP contribution >= 0.6 is 45.5 Å². The average Bonchev–Trinajstić information content (AvgIpc) is 2.71. The van der Waals surface area contributed by atoms with Gasteiger partial charge in [0, 0.05) is 4.88 Å². The fourth-order valence-electron chi connectivity index (χ4n) is 1.53. The second-order valence-corrected chi connectivity index (χ2v) is 6.48. The van der Waals surface area contributed by atoms with Gasteiger partial charge in [0.15, 0.2) is 5.82 Å². The summed E-state index contributed by atoms with van der Waals surface area (Å²) in [6.45, 7) is 4.22. The van der Waals surface area contributed by atoms with E-state index in [-0.39, 0.29) is 0 Å². The Morgan fingerprint density at radius 2 is 2.12 bits per heavy atom. The second-order valence-electron chi connectivity index (χ2n) is 3.76. The van der Waals surface area contributed by atoms with Crippen LogP contribution in [0, 0.1) is 10.5 Å². The summed E-state index contributed by atoms with van der Waals surface area (Å²) < 4.78 is 0.975. The third-order valence-electron chi connectivity index (χ3n) is 2.33. The van der Waals surface area contributed by atoms with Crippen LogP contribution in [0.5, 0.6) is 0 Å². The van der Waals surface area contributed by atoms with Crippen LogP contribution in [0.15, 0.2) is 12.1 Å². The molecule has 0 bridgehead atoms. The molecule has 0 radical (unpaired) electrons. The predicted octanol–water partition coefficient (Wildman–Crippen LogP) is 4.72. The van der Waals surface area contributed by atoms with E-state index in [4.69, 9.17) is 11.6 Å². The van der Waals surface area contributed by atoms with Gasteiger partial charge in [0.2, 0.25) is 0 Å². The van der Waals surface area contributed by atoms with Crippen LogP contribution < -0.4 is 0 Å². The van der Waals surface area contributed by atoms with Gasteiger partial charge in [-0.2, -0.15) is 0 Å². The molecule has 0 aromatic carbocycles. The van der Waals surface area contributed by atoms with Gasteiger partial charge in [-0.1, -0.05) is 24.9 Å². The van der Waals surface area contributed by atoms with E-state index in [1.54, 1.807) is 11.3 Å². The number of aryl methyl sites for hydroxylation is 2. The minimum atomic E-state index is 0.560. The van der Waals surface area contributed by atoms with Crippen LogP contribution in [0.25, 0.3) is 10.7 Å². The summed E-state index contributed by atoms with van der Waals surface area (Å²) in [5.74, 6) is 0.747. The average molecular weight is 379 g/mol. The number of thiophene rings is 1. The lowest BCUT2D eigenvalue weighted by Gasteiger charge is -2.06. The van der Waals surface area contributed by atoms with Crippen molar-refractivity contribution < 1.29 is 0 Å². The van der Waals surface area contributed by atoms with Crippen LogP contribution in [0.1, 0.15) is 23.9 Å². The van der Waals surface area contributed by atoms with E-state index in [0.29, 0.717) is 5.15 Å². The molecule has 0 aliphatic carbocycles. The summed E-state index contributed by atoms with van der Waals surface area (Å²) >= 11 is 10.1. The summed E-state index contributed by atoms with van der Waals surface area (Å²) in [5, 5.41) is 0.560. The van der Waals surface area contributed by atoms with Gasteiger partial charge in [-0.3, -0.25) is 0 Å². The molecule has 0 saturated heterocycles. The molecule has 0 amide bonds. The maximum Gasteiger partial charge on any atom is 0.171 e.